The van der Waals surface area contributed by atoms with Gasteiger partial charge in [-0.3, -0.25) is 71.9 Å². The smallest absolute Gasteiger partial charge is 0.326 e. The van der Waals surface area contributed by atoms with Crippen molar-refractivity contribution in [2.45, 2.75) is 170 Å². The van der Waals surface area contributed by atoms with E-state index in [1.165, 1.54) is 0 Å². The molecule has 5 aromatic rings. The van der Waals surface area contributed by atoms with E-state index in [1.807, 2.05) is 0 Å². The van der Waals surface area contributed by atoms with Gasteiger partial charge in [-0.15, -0.1) is 0 Å². The summed E-state index contributed by atoms with van der Waals surface area (Å²) in [6.45, 7) is 1.93. The number of carbonyl (C=O) groups is 16. The van der Waals surface area contributed by atoms with E-state index in [1.54, 1.807) is 179 Å². The zero-order valence-electron chi connectivity index (χ0n) is 65.2. The van der Waals surface area contributed by atoms with Gasteiger partial charge in [0, 0.05) is 38.5 Å². The average molecular weight is 1630 g/mol. The number of amides is 15. The third-order valence-electron chi connectivity index (χ3n) is 18.1. The van der Waals surface area contributed by atoms with Gasteiger partial charge in [-0.05, 0) is 58.9 Å². The second-order valence-corrected chi connectivity index (χ2v) is 28.5. The van der Waals surface area contributed by atoms with Crippen molar-refractivity contribution in [2.24, 2.45) is 29.0 Å². The largest absolute Gasteiger partial charge is 0.480 e. The van der Waals surface area contributed by atoms with Crippen LogP contribution in [-0.2, 0) is 109 Å². The van der Waals surface area contributed by atoms with Crippen molar-refractivity contribution < 1.29 is 102 Å². The summed E-state index contributed by atoms with van der Waals surface area (Å²) in [5, 5.41) is 83.8. The summed E-state index contributed by atoms with van der Waals surface area (Å²) in [7, 11) is 0. The molecule has 0 aliphatic rings. The molecule has 0 bridgehead atoms. The number of primary amides is 2. The Labute approximate surface area is 675 Å². The van der Waals surface area contributed by atoms with Gasteiger partial charge in [0.1, 0.15) is 78.5 Å². The molecule has 0 fully saturated rings. The first-order valence-electron chi connectivity index (χ1n) is 37.8. The van der Waals surface area contributed by atoms with Gasteiger partial charge in [0.05, 0.1) is 39.4 Å². The van der Waals surface area contributed by atoms with Crippen molar-refractivity contribution >= 4 is 94.6 Å². The van der Waals surface area contributed by atoms with Crippen molar-refractivity contribution in [3.8, 4) is 0 Å². The predicted molar refractivity (Wildman–Crippen MR) is 422 cm³/mol. The summed E-state index contributed by atoms with van der Waals surface area (Å²) in [5.41, 5.74) is 18.2. The van der Waals surface area contributed by atoms with Gasteiger partial charge in [-0.2, -0.15) is 0 Å². The zero-order valence-corrected chi connectivity index (χ0v) is 65.2. The van der Waals surface area contributed by atoms with Crippen LogP contribution in [0.3, 0.4) is 0 Å². The van der Waals surface area contributed by atoms with Crippen LogP contribution in [-0.4, -0.2) is 232 Å². The van der Waals surface area contributed by atoms with E-state index in [4.69, 9.17) is 17.2 Å². The van der Waals surface area contributed by atoms with Gasteiger partial charge >= 0.3 is 5.97 Å². The van der Waals surface area contributed by atoms with Gasteiger partial charge in [0.2, 0.25) is 88.6 Å². The number of aliphatic carboxylic acids is 1. The molecular formula is C80H106N16O21. The zero-order chi connectivity index (χ0) is 86.3. The fourth-order valence-corrected chi connectivity index (χ4v) is 12.0. The molecular weight excluding hydrogens is 1520 g/mol. The number of nitrogens with one attached hydrogen (secondary N) is 13. The Morgan fingerprint density at radius 2 is 0.487 bits per heavy atom. The van der Waals surface area contributed by atoms with Crippen LogP contribution in [0.25, 0.3) is 0 Å². The van der Waals surface area contributed by atoms with Crippen molar-refractivity contribution in [2.75, 3.05) is 33.0 Å². The first kappa shape index (κ1) is 95.0. The molecule has 13 atom stereocenters. The summed E-state index contributed by atoms with van der Waals surface area (Å²) < 4.78 is 0. The lowest BCUT2D eigenvalue weighted by Gasteiger charge is -2.29. The Kier molecular flexibility index (Phi) is 40.0. The highest BCUT2D eigenvalue weighted by Gasteiger charge is 2.39. The number of hydrogen-bond donors (Lipinski definition) is 21. The molecule has 0 aliphatic carbocycles. The van der Waals surface area contributed by atoms with Crippen LogP contribution in [0.2, 0.25) is 0 Å². The number of nitrogens with two attached hydrogens (primary N) is 3. The molecule has 0 saturated heterocycles. The second-order valence-electron chi connectivity index (χ2n) is 28.5. The molecule has 15 amide bonds. The minimum Gasteiger partial charge on any atom is -0.480 e. The van der Waals surface area contributed by atoms with Crippen LogP contribution in [0.4, 0.5) is 0 Å². The maximum atomic E-state index is 14.9. The number of aliphatic hydroxyl groups is 4. The van der Waals surface area contributed by atoms with Crippen LogP contribution >= 0.6 is 0 Å². The number of rotatable bonds is 50. The fraction of sp³-hybridized carbons (Fsp3) is 0.425. The molecule has 632 valence electrons. The molecule has 37 heteroatoms. The molecule has 5 aromatic carbocycles. The Balaban J connectivity index is 1.38. The highest BCUT2D eigenvalue weighted by Crippen LogP contribution is 2.16. The lowest BCUT2D eigenvalue weighted by atomic mass is 9.98. The van der Waals surface area contributed by atoms with Crippen molar-refractivity contribution in [1.29, 1.82) is 0 Å². The van der Waals surface area contributed by atoms with Gasteiger partial charge < -0.3 is 112 Å². The van der Waals surface area contributed by atoms with Crippen LogP contribution in [0.5, 0.6) is 0 Å². The topological polar surface area (TPSA) is 609 Å². The van der Waals surface area contributed by atoms with E-state index < -0.39 is 225 Å². The minimum absolute atomic E-state index is 0.0752. The number of carboxylic acid groups (broad SMARTS) is 1. The van der Waals surface area contributed by atoms with Crippen LogP contribution in [0.15, 0.2) is 152 Å². The molecule has 0 spiro atoms. The molecule has 0 saturated carbocycles. The Bertz CT molecular complexity index is 4150. The van der Waals surface area contributed by atoms with E-state index in [9.17, 15) is 102 Å². The normalized spacial score (nSPS) is 14.4. The van der Waals surface area contributed by atoms with Gasteiger partial charge in [0.15, 0.2) is 0 Å². The predicted octanol–water partition coefficient (Wildman–Crippen LogP) is -5.25. The SMILES string of the molecule is CC(C)C[C@H](NC(=O)[C@H](Cc1ccccc1)NC(=O)[C@H](Cc1ccccc1)NC(=O)[C@H](CO)NC(=O)[C@H](CO)NC(=O)[C@H](CC(N)=O)NC(=O)CN)C(=O)N[C@@H](CC(C)C)C(=O)N[C@@H](CO)C(=O)N[C@@H](Cc1ccccc1)C(=O)N[C@@H](Cc1ccccc1)C(=O)N[C@@H](CO)C(=O)N[C@@H](Cc1ccccc1)C(=O)N[C@@H](CCC(N)=O)C(=O)O. The molecule has 0 aliphatic heterocycles. The average Bonchev–Trinajstić information content (AvgIpc) is 0.821. The number of aliphatic hydroxyl groups excluding tert-OH is 4. The standard InChI is InChI=1S/C80H106N16O21/c1-45(2)32-53(87-71(107)56(35-48-22-12-6-13-23-48)88-72(108)57(36-49-24-14-7-15-25-49)92-78(114)63(43-99)96-79(115)64(44-100)95-75(111)60(39-66(83)102)84-67(103)40-81)68(104)86-54(33-46(3)4)69(105)93-61(41-97)76(112)91-58(37-50-26-16-8-17-27-50)73(109)89-59(38-51-28-18-9-19-29-51)74(110)94-62(42-98)77(113)90-55(34-47-20-10-5-11-21-47)70(106)85-52(80(116)117)30-31-65(82)101/h5-29,45-46,52-64,97-100H,30-44,81H2,1-4H3,(H2,82,101)(H2,83,102)(H,84,103)(H,85,106)(H,86,104)(H,87,107)(H,88,108)(H,89,109)(H,90,113)(H,91,112)(H,92,114)(H,93,105)(H,94,110)(H,95,111)(H,96,115)(H,116,117)/t52-,53-,54-,55-,56-,57-,58-,59-,60-,61-,62-,63-,64-/m0/s1. The fourth-order valence-electron chi connectivity index (χ4n) is 12.0. The van der Waals surface area contributed by atoms with E-state index >= 15 is 0 Å². The third-order valence-corrected chi connectivity index (χ3v) is 18.1. The van der Waals surface area contributed by atoms with Gasteiger partial charge in [0.25, 0.3) is 0 Å². The maximum Gasteiger partial charge on any atom is 0.326 e. The molecule has 37 nitrogen and oxygen atoms in total. The molecule has 0 heterocycles. The van der Waals surface area contributed by atoms with E-state index in [0.29, 0.717) is 27.8 Å². The lowest BCUT2D eigenvalue weighted by molar-refractivity contribution is -0.142. The van der Waals surface area contributed by atoms with Crippen molar-refractivity contribution in [3.05, 3.63) is 179 Å². The van der Waals surface area contributed by atoms with Crippen LogP contribution < -0.4 is 86.3 Å². The monoisotopic (exact) mass is 1630 g/mol. The third kappa shape index (κ3) is 33.4. The number of carbonyl (C=O) groups excluding carboxylic acids is 15. The number of hydrogen-bond acceptors (Lipinski definition) is 21. The summed E-state index contributed by atoms with van der Waals surface area (Å²) >= 11 is 0. The quantitative estimate of drug-likeness (QED) is 0.0173. The van der Waals surface area contributed by atoms with E-state index in [0.717, 1.165) is 0 Å². The first-order valence-corrected chi connectivity index (χ1v) is 37.8. The van der Waals surface area contributed by atoms with E-state index in [2.05, 4.69) is 69.1 Å². The van der Waals surface area contributed by atoms with E-state index in [-0.39, 0.29) is 56.8 Å². The van der Waals surface area contributed by atoms with Crippen LogP contribution in [0, 0.1) is 11.8 Å². The Morgan fingerprint density at radius 1 is 0.282 bits per heavy atom. The number of carboxylic acids is 1. The summed E-state index contributed by atoms with van der Waals surface area (Å²) in [6.07, 6.45) is -2.96. The number of benzene rings is 5. The highest BCUT2D eigenvalue weighted by molar-refractivity contribution is 6.01. The summed E-state index contributed by atoms with van der Waals surface area (Å²) in [6, 6.07) is 19.7. The molecule has 24 N–H and O–H groups in total. The summed E-state index contributed by atoms with van der Waals surface area (Å²) in [4.78, 5) is 219. The Morgan fingerprint density at radius 3 is 0.692 bits per heavy atom. The molecule has 0 unspecified atom stereocenters. The summed E-state index contributed by atoms with van der Waals surface area (Å²) in [5.74, 6) is -17.7. The molecule has 0 radical (unpaired) electrons. The Hall–Kier alpha value is -12.6. The lowest BCUT2D eigenvalue weighted by Crippen LogP contribution is -2.62. The highest BCUT2D eigenvalue weighted by atomic mass is 16.4. The molecule has 117 heavy (non-hydrogen) atoms. The van der Waals surface area contributed by atoms with Crippen LogP contribution in [0.1, 0.15) is 87.6 Å². The van der Waals surface area contributed by atoms with Gasteiger partial charge in [-0.25, -0.2) is 4.79 Å². The first-order chi connectivity index (χ1) is 55.7. The van der Waals surface area contributed by atoms with Crippen molar-refractivity contribution in [1.82, 2.24) is 69.1 Å². The van der Waals surface area contributed by atoms with Gasteiger partial charge in [-0.1, -0.05) is 179 Å². The maximum absolute atomic E-state index is 14.9. The molecule has 0 aromatic heterocycles. The molecule has 5 rings (SSSR count). The second kappa shape index (κ2) is 49.2. The minimum atomic E-state index is -1.88. The van der Waals surface area contributed by atoms with Crippen molar-refractivity contribution in [3.63, 3.8) is 0 Å².